The number of aryl methyl sites for hydroxylation is 1. The van der Waals surface area contributed by atoms with Crippen LogP contribution in [0.5, 0.6) is 0 Å². The summed E-state index contributed by atoms with van der Waals surface area (Å²) in [7, 11) is -3.12. The topological polar surface area (TPSA) is 121 Å². The number of nitrogens with zero attached hydrogens (tertiary/aromatic N) is 4. The Kier molecular flexibility index (Phi) is 9.95. The number of ether oxygens (including phenoxy) is 1. The number of fused-ring (bicyclic) bond motifs is 1. The number of allylic oxidation sites excluding steroid dienone is 1. The maximum Gasteiger partial charge on any atom is 0.272 e. The van der Waals surface area contributed by atoms with E-state index >= 15 is 0 Å². The highest BCUT2D eigenvalue weighted by Crippen LogP contribution is 2.35. The number of carbonyl (C=O) groups is 1. The van der Waals surface area contributed by atoms with E-state index in [0.717, 1.165) is 45.2 Å². The van der Waals surface area contributed by atoms with E-state index in [9.17, 15) is 13.2 Å². The van der Waals surface area contributed by atoms with Gasteiger partial charge in [-0.15, -0.1) is 0 Å². The summed E-state index contributed by atoms with van der Waals surface area (Å²) in [4.78, 5) is 22.3. The maximum atomic E-state index is 13.6. The van der Waals surface area contributed by atoms with Gasteiger partial charge in [-0.1, -0.05) is 36.4 Å². The molecule has 0 aromatic heterocycles. The number of piperidine rings is 1. The zero-order valence-corrected chi connectivity index (χ0v) is 26.7. The van der Waals surface area contributed by atoms with Crippen molar-refractivity contribution in [2.45, 2.75) is 64.2 Å². The summed E-state index contributed by atoms with van der Waals surface area (Å²) in [5, 5.41) is 3.40. The number of sulfonamides is 1. The minimum atomic E-state index is -3.12. The summed E-state index contributed by atoms with van der Waals surface area (Å²) in [5.74, 6) is 0.670. The van der Waals surface area contributed by atoms with Crippen LogP contribution in [0.25, 0.3) is 0 Å². The normalized spacial score (nSPS) is 28.2. The smallest absolute Gasteiger partial charge is 0.272 e. The van der Waals surface area contributed by atoms with Crippen LogP contribution in [-0.2, 0) is 19.6 Å². The Hall–Kier alpha value is -2.73. The molecule has 0 aliphatic carbocycles. The molecule has 0 spiro atoms. The van der Waals surface area contributed by atoms with E-state index in [4.69, 9.17) is 10.5 Å². The van der Waals surface area contributed by atoms with Crippen molar-refractivity contribution in [3.63, 3.8) is 0 Å². The molecule has 1 amide bonds. The highest BCUT2D eigenvalue weighted by atomic mass is 32.2. The summed E-state index contributed by atoms with van der Waals surface area (Å²) < 4.78 is 32.0. The largest absolute Gasteiger partial charge is 0.390 e. The molecular weight excluding hydrogens is 564 g/mol. The lowest BCUT2D eigenvalue weighted by molar-refractivity contribution is -0.128. The van der Waals surface area contributed by atoms with E-state index in [-0.39, 0.29) is 18.1 Å². The Morgan fingerprint density at radius 3 is 2.35 bits per heavy atom. The number of amides is 1. The maximum absolute atomic E-state index is 13.6. The number of likely N-dealkylation sites (tertiary alicyclic amines) is 2. The highest BCUT2D eigenvalue weighted by Gasteiger charge is 2.44. The molecule has 10 nitrogen and oxygen atoms in total. The Labute approximate surface area is 257 Å². The molecule has 1 aromatic rings. The van der Waals surface area contributed by atoms with Gasteiger partial charge in [0.15, 0.2) is 0 Å². The molecule has 236 valence electrons. The molecule has 11 heteroatoms. The van der Waals surface area contributed by atoms with Crippen LogP contribution in [0, 0.1) is 18.8 Å². The minimum absolute atomic E-state index is 0.0559. The molecular formula is C32H48N6O4S. The summed E-state index contributed by atoms with van der Waals surface area (Å²) in [6, 6.07) is 8.96. The molecule has 4 aliphatic heterocycles. The van der Waals surface area contributed by atoms with Crippen LogP contribution in [0.3, 0.4) is 0 Å². The first-order chi connectivity index (χ1) is 20.5. The van der Waals surface area contributed by atoms with Gasteiger partial charge in [-0.25, -0.2) is 17.7 Å². The summed E-state index contributed by atoms with van der Waals surface area (Å²) in [6.45, 7) is 13.2. The number of carbonyl (C=O) groups excluding carboxylic acids is 1. The molecule has 5 rings (SSSR count). The Morgan fingerprint density at radius 2 is 1.74 bits per heavy atom. The van der Waals surface area contributed by atoms with Gasteiger partial charge in [0.25, 0.3) is 5.91 Å². The third kappa shape index (κ3) is 7.50. The lowest BCUT2D eigenvalue weighted by Gasteiger charge is -2.37. The highest BCUT2D eigenvalue weighted by molar-refractivity contribution is 7.88. The Balaban J connectivity index is 1.12. The van der Waals surface area contributed by atoms with Crippen LogP contribution in [0.15, 0.2) is 52.8 Å². The number of hydrogen-bond acceptors (Lipinski definition) is 7. The van der Waals surface area contributed by atoms with Crippen LogP contribution in [0.2, 0.25) is 0 Å². The van der Waals surface area contributed by atoms with Gasteiger partial charge in [0.2, 0.25) is 10.0 Å². The molecule has 0 saturated carbocycles. The first-order valence-electron chi connectivity index (χ1n) is 15.6. The van der Waals surface area contributed by atoms with Crippen molar-refractivity contribution >= 4 is 22.3 Å². The molecule has 3 N–H and O–H groups in total. The van der Waals surface area contributed by atoms with Crippen LogP contribution < -0.4 is 11.1 Å². The van der Waals surface area contributed by atoms with Gasteiger partial charge >= 0.3 is 0 Å². The molecule has 1 aromatic carbocycles. The van der Waals surface area contributed by atoms with Crippen molar-refractivity contribution in [1.29, 1.82) is 0 Å². The number of nitrogens with one attached hydrogen (secondary N) is 1. The second kappa shape index (κ2) is 13.5. The molecule has 43 heavy (non-hydrogen) atoms. The third-order valence-corrected chi connectivity index (χ3v) is 11.0. The average Bonchev–Trinajstić information content (AvgIpc) is 3.59. The van der Waals surface area contributed by atoms with Crippen molar-refractivity contribution in [3.8, 4) is 0 Å². The lowest BCUT2D eigenvalue weighted by Crippen LogP contribution is -2.47. The Morgan fingerprint density at radius 1 is 1.09 bits per heavy atom. The monoisotopic (exact) mass is 612 g/mol. The van der Waals surface area contributed by atoms with Gasteiger partial charge in [-0.05, 0) is 63.4 Å². The van der Waals surface area contributed by atoms with Crippen LogP contribution in [0.4, 0.5) is 0 Å². The molecule has 0 bridgehead atoms. The fraction of sp³-hybridized carbons (Fsp3) is 0.625. The van der Waals surface area contributed by atoms with Gasteiger partial charge in [-0.3, -0.25) is 9.69 Å². The van der Waals surface area contributed by atoms with Crippen molar-refractivity contribution < 1.29 is 17.9 Å². The predicted octanol–water partition coefficient (Wildman–Crippen LogP) is 2.78. The van der Waals surface area contributed by atoms with E-state index in [1.807, 2.05) is 11.8 Å². The SMILES string of the molecule is C=C(NC[C@H]1CCC[C@@H](c2ccc(C)cc2)O1)/C(C)=C(\N=C/N)C(=O)N1CCC(N2CC3CN(S(C)(=O)=O)CC3C2)CC1. The van der Waals surface area contributed by atoms with Crippen molar-refractivity contribution in [1.82, 2.24) is 19.4 Å². The van der Waals surface area contributed by atoms with E-state index in [0.29, 0.717) is 67.6 Å². The van der Waals surface area contributed by atoms with E-state index in [2.05, 4.69) is 53.0 Å². The molecule has 4 aliphatic rings. The lowest BCUT2D eigenvalue weighted by atomic mass is 9.97. The van der Waals surface area contributed by atoms with Crippen molar-refractivity contribution in [2.75, 3.05) is 52.1 Å². The molecule has 4 saturated heterocycles. The van der Waals surface area contributed by atoms with E-state index in [1.54, 1.807) is 4.31 Å². The molecule has 4 heterocycles. The minimum Gasteiger partial charge on any atom is -0.390 e. The standard InChI is InChI=1S/C32H48N6O4S/c1-22-8-10-25(11-9-22)30-7-5-6-29(42-30)16-34-24(3)23(2)31(35-21-33)32(39)36-14-12-28(13-15-36)37-17-26-19-38(43(4,40)41)20-27(26)18-37/h8-11,21,26-30,34H,3,5-7,12-20H2,1-2,4H3,(H2,33,35)/b31-23-/t26?,27?,29-,30+/m1/s1. The van der Waals surface area contributed by atoms with Gasteiger partial charge in [0.1, 0.15) is 5.70 Å². The number of benzene rings is 1. The zero-order valence-electron chi connectivity index (χ0n) is 25.9. The van der Waals surface area contributed by atoms with Crippen molar-refractivity contribution in [3.05, 3.63) is 58.9 Å². The van der Waals surface area contributed by atoms with E-state index in [1.165, 1.54) is 23.7 Å². The molecule has 4 atom stereocenters. The number of aliphatic imine (C=N–C) groups is 1. The summed E-state index contributed by atoms with van der Waals surface area (Å²) in [6.07, 6.45) is 7.49. The zero-order chi connectivity index (χ0) is 30.7. The van der Waals surface area contributed by atoms with E-state index < -0.39 is 10.0 Å². The molecule has 4 fully saturated rings. The van der Waals surface area contributed by atoms with Crippen LogP contribution in [-0.4, -0.2) is 99.0 Å². The Bertz CT molecular complexity index is 1320. The van der Waals surface area contributed by atoms with Crippen LogP contribution in [0.1, 0.15) is 56.3 Å². The summed E-state index contributed by atoms with van der Waals surface area (Å²) >= 11 is 0. The third-order valence-electron chi connectivity index (χ3n) is 9.77. The fourth-order valence-electron chi connectivity index (χ4n) is 7.11. The van der Waals surface area contributed by atoms with Gasteiger partial charge in [0.05, 0.1) is 24.8 Å². The average molecular weight is 613 g/mol. The van der Waals surface area contributed by atoms with Gasteiger partial charge in [0, 0.05) is 63.1 Å². The van der Waals surface area contributed by atoms with Crippen LogP contribution >= 0.6 is 0 Å². The fourth-order valence-corrected chi connectivity index (χ4v) is 8.04. The number of hydrogen-bond donors (Lipinski definition) is 2. The van der Waals surface area contributed by atoms with Crippen molar-refractivity contribution in [2.24, 2.45) is 22.6 Å². The first kappa shape index (κ1) is 31.7. The molecule has 2 unspecified atom stereocenters. The second-order valence-electron chi connectivity index (χ2n) is 12.8. The predicted molar refractivity (Wildman–Crippen MR) is 170 cm³/mol. The number of nitrogens with two attached hydrogens (primary N) is 1. The van der Waals surface area contributed by atoms with Gasteiger partial charge < -0.3 is 20.7 Å². The van der Waals surface area contributed by atoms with Gasteiger partial charge in [-0.2, -0.15) is 0 Å². The quantitative estimate of drug-likeness (QED) is 0.190. The first-order valence-corrected chi connectivity index (χ1v) is 17.5. The number of rotatable bonds is 9. The second-order valence-corrected chi connectivity index (χ2v) is 14.8. The summed E-state index contributed by atoms with van der Waals surface area (Å²) in [5.41, 5.74) is 9.78. The molecule has 0 radical (unpaired) electrons.